The predicted octanol–water partition coefficient (Wildman–Crippen LogP) is 4.13. The molecule has 0 aliphatic carbocycles. The summed E-state index contributed by atoms with van der Waals surface area (Å²) in [5, 5.41) is 0. The fourth-order valence-corrected chi connectivity index (χ4v) is 3.22. The van der Waals surface area contributed by atoms with Gasteiger partial charge in [-0.25, -0.2) is 17.2 Å². The summed E-state index contributed by atoms with van der Waals surface area (Å²) in [5.74, 6) is -0.760. The Morgan fingerprint density at radius 1 is 0.917 bits per heavy atom. The normalized spacial score (nSPS) is 11.7. The van der Waals surface area contributed by atoms with Gasteiger partial charge in [-0.2, -0.15) is 0 Å². The molecule has 3 rings (SSSR count). The minimum absolute atomic E-state index is 0.198. The van der Waals surface area contributed by atoms with Crippen LogP contribution in [0.4, 0.5) is 8.78 Å². The first kappa shape index (κ1) is 16.4. The average Bonchev–Trinajstić information content (AvgIpc) is 2.83. The molecule has 3 aromatic rings. The summed E-state index contributed by atoms with van der Waals surface area (Å²) in [6.07, 6.45) is 1.13. The van der Waals surface area contributed by atoms with Gasteiger partial charge in [0.2, 0.25) is 0 Å². The van der Waals surface area contributed by atoms with E-state index in [-0.39, 0.29) is 16.5 Å². The molecular formula is C18H15F2NO2S. The second-order valence-corrected chi connectivity index (χ2v) is 7.59. The van der Waals surface area contributed by atoms with Gasteiger partial charge in [0, 0.05) is 18.0 Å². The number of nitrogens with zero attached hydrogens (tertiary/aromatic N) is 1. The quantitative estimate of drug-likeness (QED) is 0.714. The lowest BCUT2D eigenvalue weighted by Gasteiger charge is -2.12. The number of aromatic nitrogens is 1. The summed E-state index contributed by atoms with van der Waals surface area (Å²) in [7, 11) is -3.29. The molecule has 0 saturated heterocycles. The summed E-state index contributed by atoms with van der Waals surface area (Å²) < 4.78 is 52.1. The van der Waals surface area contributed by atoms with E-state index in [2.05, 4.69) is 0 Å². The van der Waals surface area contributed by atoms with Crippen LogP contribution in [0.25, 0.3) is 16.9 Å². The zero-order chi connectivity index (χ0) is 17.5. The van der Waals surface area contributed by atoms with Gasteiger partial charge in [-0.1, -0.05) is 12.1 Å². The molecule has 0 spiro atoms. The van der Waals surface area contributed by atoms with Crippen LogP contribution in [0, 0.1) is 18.6 Å². The van der Waals surface area contributed by atoms with Gasteiger partial charge in [0.15, 0.2) is 9.84 Å². The highest BCUT2D eigenvalue weighted by Gasteiger charge is 2.16. The lowest BCUT2D eigenvalue weighted by Crippen LogP contribution is -2.00. The monoisotopic (exact) mass is 347 g/mol. The molecule has 2 aromatic carbocycles. The van der Waals surface area contributed by atoms with Crippen molar-refractivity contribution in [1.82, 2.24) is 4.57 Å². The van der Waals surface area contributed by atoms with Crippen LogP contribution in [0.15, 0.2) is 59.5 Å². The number of rotatable bonds is 3. The van der Waals surface area contributed by atoms with Gasteiger partial charge in [-0.05, 0) is 48.9 Å². The molecule has 0 N–H and O–H groups in total. The summed E-state index contributed by atoms with van der Waals surface area (Å²) in [6, 6.07) is 13.4. The van der Waals surface area contributed by atoms with Crippen LogP contribution < -0.4 is 0 Å². The van der Waals surface area contributed by atoms with Crippen molar-refractivity contribution in [2.45, 2.75) is 11.8 Å². The van der Waals surface area contributed by atoms with Crippen LogP contribution >= 0.6 is 0 Å². The van der Waals surface area contributed by atoms with Crippen molar-refractivity contribution < 1.29 is 17.2 Å². The Morgan fingerprint density at radius 2 is 1.50 bits per heavy atom. The highest BCUT2D eigenvalue weighted by molar-refractivity contribution is 7.90. The van der Waals surface area contributed by atoms with Crippen molar-refractivity contribution in [2.75, 3.05) is 6.26 Å². The highest BCUT2D eigenvalue weighted by atomic mass is 32.2. The van der Waals surface area contributed by atoms with Crippen molar-refractivity contribution in [1.29, 1.82) is 0 Å². The third-order valence-electron chi connectivity index (χ3n) is 3.85. The van der Waals surface area contributed by atoms with Crippen LogP contribution in [0.1, 0.15) is 5.69 Å². The Bertz CT molecular complexity index is 989. The van der Waals surface area contributed by atoms with Crippen LogP contribution in [0.5, 0.6) is 0 Å². The van der Waals surface area contributed by atoms with Gasteiger partial charge < -0.3 is 4.57 Å². The molecule has 3 nitrogen and oxygen atoms in total. The van der Waals surface area contributed by atoms with E-state index in [0.29, 0.717) is 22.6 Å². The Morgan fingerprint density at radius 3 is 2.04 bits per heavy atom. The van der Waals surface area contributed by atoms with Crippen molar-refractivity contribution in [2.24, 2.45) is 0 Å². The number of benzene rings is 2. The average molecular weight is 347 g/mol. The number of sulfone groups is 1. The van der Waals surface area contributed by atoms with Crippen LogP contribution in [0.2, 0.25) is 0 Å². The van der Waals surface area contributed by atoms with E-state index >= 15 is 0 Å². The van der Waals surface area contributed by atoms with E-state index in [1.54, 1.807) is 35.8 Å². The van der Waals surface area contributed by atoms with Crippen molar-refractivity contribution >= 4 is 9.84 Å². The van der Waals surface area contributed by atoms with Gasteiger partial charge in [0.1, 0.15) is 11.6 Å². The molecule has 0 aliphatic heterocycles. The van der Waals surface area contributed by atoms with E-state index in [1.807, 2.05) is 0 Å². The van der Waals surface area contributed by atoms with Crippen LogP contribution in [0.3, 0.4) is 0 Å². The van der Waals surface area contributed by atoms with Crippen LogP contribution in [-0.2, 0) is 9.84 Å². The molecule has 1 aromatic heterocycles. The standard InChI is InChI=1S/C18H15F2NO2S/c1-12-17(20)11-18(21(12)15-7-5-14(19)6-8-15)13-3-9-16(10-4-13)24(2,22)23/h3-11H,1-2H3. The molecule has 0 unspecified atom stereocenters. The van der Waals surface area contributed by atoms with E-state index in [9.17, 15) is 17.2 Å². The maximum Gasteiger partial charge on any atom is 0.175 e. The topological polar surface area (TPSA) is 39.1 Å². The first-order chi connectivity index (χ1) is 11.3. The van der Waals surface area contributed by atoms with Gasteiger partial charge in [0.05, 0.1) is 16.3 Å². The molecule has 124 valence electrons. The fourth-order valence-electron chi connectivity index (χ4n) is 2.58. The predicted molar refractivity (Wildman–Crippen MR) is 89.0 cm³/mol. The third-order valence-corrected chi connectivity index (χ3v) is 4.98. The Labute approximate surface area is 139 Å². The summed E-state index contributed by atoms with van der Waals surface area (Å²) in [5.41, 5.74) is 2.25. The first-order valence-electron chi connectivity index (χ1n) is 7.21. The fraction of sp³-hybridized carbons (Fsp3) is 0.111. The second kappa shape index (κ2) is 5.87. The molecular weight excluding hydrogens is 332 g/mol. The van der Waals surface area contributed by atoms with E-state index in [1.165, 1.54) is 30.3 Å². The second-order valence-electron chi connectivity index (χ2n) is 5.57. The zero-order valence-corrected chi connectivity index (χ0v) is 13.9. The van der Waals surface area contributed by atoms with Gasteiger partial charge >= 0.3 is 0 Å². The smallest absolute Gasteiger partial charge is 0.175 e. The molecule has 0 amide bonds. The largest absolute Gasteiger partial charge is 0.311 e. The number of hydrogen-bond donors (Lipinski definition) is 0. The first-order valence-corrected chi connectivity index (χ1v) is 9.11. The van der Waals surface area contributed by atoms with Crippen molar-refractivity contribution in [3.63, 3.8) is 0 Å². The minimum Gasteiger partial charge on any atom is -0.311 e. The molecule has 0 radical (unpaired) electrons. The highest BCUT2D eigenvalue weighted by Crippen LogP contribution is 2.29. The van der Waals surface area contributed by atoms with Gasteiger partial charge in [-0.15, -0.1) is 0 Å². The van der Waals surface area contributed by atoms with Gasteiger partial charge in [-0.3, -0.25) is 0 Å². The van der Waals surface area contributed by atoms with Crippen molar-refractivity contribution in [3.8, 4) is 16.9 Å². The van der Waals surface area contributed by atoms with Crippen molar-refractivity contribution in [3.05, 3.63) is 71.9 Å². The van der Waals surface area contributed by atoms with Crippen LogP contribution in [-0.4, -0.2) is 19.2 Å². The molecule has 6 heteroatoms. The molecule has 0 atom stereocenters. The van der Waals surface area contributed by atoms with E-state index in [4.69, 9.17) is 0 Å². The summed E-state index contributed by atoms with van der Waals surface area (Å²) in [4.78, 5) is 0.198. The van der Waals surface area contributed by atoms with E-state index in [0.717, 1.165) is 6.26 Å². The number of halogens is 2. The Balaban J connectivity index is 2.15. The lowest BCUT2D eigenvalue weighted by atomic mass is 10.1. The molecule has 1 heterocycles. The molecule has 0 aliphatic rings. The molecule has 0 bridgehead atoms. The number of hydrogen-bond acceptors (Lipinski definition) is 2. The minimum atomic E-state index is -3.29. The molecule has 0 fully saturated rings. The zero-order valence-electron chi connectivity index (χ0n) is 13.1. The van der Waals surface area contributed by atoms with E-state index < -0.39 is 9.84 Å². The molecule has 24 heavy (non-hydrogen) atoms. The van der Waals surface area contributed by atoms with Gasteiger partial charge in [0.25, 0.3) is 0 Å². The maximum atomic E-state index is 14.1. The Hall–Kier alpha value is -2.47. The Kier molecular flexibility index (Phi) is 4.01. The SMILES string of the molecule is Cc1c(F)cc(-c2ccc(S(C)(=O)=O)cc2)n1-c1ccc(F)cc1. The summed E-state index contributed by atoms with van der Waals surface area (Å²) >= 11 is 0. The maximum absolute atomic E-state index is 14.1. The molecule has 0 saturated carbocycles. The third kappa shape index (κ3) is 2.97. The summed E-state index contributed by atoms with van der Waals surface area (Å²) in [6.45, 7) is 1.63. The lowest BCUT2D eigenvalue weighted by molar-refractivity contribution is 0.602.